The van der Waals surface area contributed by atoms with Gasteiger partial charge in [0.15, 0.2) is 5.78 Å². The van der Waals surface area contributed by atoms with Crippen molar-refractivity contribution in [2.75, 3.05) is 0 Å². The summed E-state index contributed by atoms with van der Waals surface area (Å²) < 4.78 is 0. The van der Waals surface area contributed by atoms with Gasteiger partial charge in [0.05, 0.1) is 10.6 Å². The summed E-state index contributed by atoms with van der Waals surface area (Å²) in [5.74, 6) is 0.0541. The van der Waals surface area contributed by atoms with E-state index in [1.54, 1.807) is 12.1 Å². The molecule has 3 rings (SSSR count). The second kappa shape index (κ2) is 9.06. The number of carbonyl (C=O) groups excluding carboxylic acids is 1. The van der Waals surface area contributed by atoms with Gasteiger partial charge in [0.1, 0.15) is 5.70 Å². The van der Waals surface area contributed by atoms with Crippen molar-refractivity contribution in [3.8, 4) is 0 Å². The Hall–Kier alpha value is -3.67. The number of Topliss-reactive ketones (excluding diaryl/α,β-unsaturated/α-hetero) is 1. The molecule has 1 aliphatic rings. The van der Waals surface area contributed by atoms with Crippen LogP contribution in [0.25, 0.3) is 5.70 Å². The lowest BCUT2D eigenvalue weighted by molar-refractivity contribution is -0.384. The molecule has 170 valence electrons. The summed E-state index contributed by atoms with van der Waals surface area (Å²) in [6.07, 6.45) is 3.82. The van der Waals surface area contributed by atoms with Crippen LogP contribution < -0.4 is 0 Å². The average Bonchev–Trinajstić information content (AvgIpc) is 2.74. The van der Waals surface area contributed by atoms with E-state index < -0.39 is 4.92 Å². The zero-order chi connectivity index (χ0) is 24.4. The Bertz CT molecular complexity index is 1150. The molecule has 0 atom stereocenters. The van der Waals surface area contributed by atoms with Crippen LogP contribution in [0.15, 0.2) is 93.7 Å². The molecule has 0 saturated heterocycles. The van der Waals surface area contributed by atoms with Crippen LogP contribution in [-0.2, 0) is 4.79 Å². The summed E-state index contributed by atoms with van der Waals surface area (Å²) >= 11 is 0. The van der Waals surface area contributed by atoms with Crippen LogP contribution in [0, 0.1) is 20.9 Å². The minimum Gasteiger partial charge on any atom is -0.289 e. The zero-order valence-electron chi connectivity index (χ0n) is 19.9. The van der Waals surface area contributed by atoms with Gasteiger partial charge in [-0.15, -0.1) is 5.11 Å². The molecule has 0 saturated carbocycles. The number of hydrogen-bond acceptors (Lipinski definition) is 5. The lowest BCUT2D eigenvalue weighted by Crippen LogP contribution is -2.28. The number of azo groups is 1. The molecule has 33 heavy (non-hydrogen) atoms. The maximum Gasteiger partial charge on any atom is 0.269 e. The molecule has 0 aliphatic heterocycles. The van der Waals surface area contributed by atoms with Gasteiger partial charge in [-0.25, -0.2) is 0 Å². The zero-order valence-corrected chi connectivity index (χ0v) is 19.9. The van der Waals surface area contributed by atoms with Crippen LogP contribution in [0.5, 0.6) is 0 Å². The molecule has 0 amide bonds. The van der Waals surface area contributed by atoms with Crippen molar-refractivity contribution >= 4 is 22.9 Å². The predicted molar refractivity (Wildman–Crippen MR) is 131 cm³/mol. The van der Waals surface area contributed by atoms with Crippen molar-refractivity contribution in [1.82, 2.24) is 0 Å². The second-order valence-electron chi connectivity index (χ2n) is 10.1. The number of non-ortho nitro benzene ring substituents is 1. The maximum atomic E-state index is 13.3. The van der Waals surface area contributed by atoms with Crippen molar-refractivity contribution in [3.63, 3.8) is 0 Å². The fourth-order valence-electron chi connectivity index (χ4n) is 3.51. The minimum atomic E-state index is -0.449. The van der Waals surface area contributed by atoms with Crippen molar-refractivity contribution in [2.45, 2.75) is 41.5 Å². The predicted octanol–water partition coefficient (Wildman–Crippen LogP) is 7.62. The Morgan fingerprint density at radius 2 is 1.33 bits per heavy atom. The first-order chi connectivity index (χ1) is 15.4. The topological polar surface area (TPSA) is 84.9 Å². The molecule has 2 aromatic rings. The summed E-state index contributed by atoms with van der Waals surface area (Å²) in [5.41, 5.74) is 3.56. The Labute approximate surface area is 194 Å². The highest BCUT2D eigenvalue weighted by Gasteiger charge is 2.34. The van der Waals surface area contributed by atoms with E-state index in [4.69, 9.17) is 0 Å². The van der Waals surface area contributed by atoms with Crippen molar-refractivity contribution in [3.05, 3.63) is 99.1 Å². The molecule has 6 nitrogen and oxygen atoms in total. The van der Waals surface area contributed by atoms with Crippen molar-refractivity contribution in [2.24, 2.45) is 21.1 Å². The third kappa shape index (κ3) is 5.58. The molecule has 0 unspecified atom stereocenters. The molecule has 0 aromatic heterocycles. The first kappa shape index (κ1) is 24.0. The van der Waals surface area contributed by atoms with Gasteiger partial charge in [0, 0.05) is 34.4 Å². The standard InChI is InChI=1S/C27H29N3O3/c1-26(2,3)22-16-19(17-23(25(22)31)27(4,5)6)24(18-10-8-7-9-11-18)29-28-20-12-14-21(15-13-20)30(32)33/h7-17H,1-6H3. The fraction of sp³-hybridized carbons (Fsp3) is 0.296. The van der Waals surface area contributed by atoms with E-state index in [1.807, 2.05) is 84.0 Å². The summed E-state index contributed by atoms with van der Waals surface area (Å²) in [7, 11) is 0. The number of carbonyl (C=O) groups is 1. The highest BCUT2D eigenvalue weighted by Crippen LogP contribution is 2.41. The monoisotopic (exact) mass is 443 g/mol. The van der Waals surface area contributed by atoms with Gasteiger partial charge in [0.25, 0.3) is 5.69 Å². The lowest BCUT2D eigenvalue weighted by atomic mass is 9.71. The van der Waals surface area contributed by atoms with Crippen LogP contribution in [0.3, 0.4) is 0 Å². The molecule has 0 bridgehead atoms. The van der Waals surface area contributed by atoms with Crippen LogP contribution in [0.4, 0.5) is 11.4 Å². The third-order valence-electron chi connectivity index (χ3n) is 5.35. The SMILES string of the molecule is CC(C)(C)C1=CC(=C(N=Nc2ccc([N+](=O)[O-])cc2)c2ccccc2)C=C(C(C)(C)C)C1=O. The molecule has 0 spiro atoms. The number of rotatable bonds is 4. The lowest BCUT2D eigenvalue weighted by Gasteiger charge is -2.31. The van der Waals surface area contributed by atoms with E-state index in [0.29, 0.717) is 11.4 Å². The van der Waals surface area contributed by atoms with E-state index in [-0.39, 0.29) is 22.3 Å². The minimum absolute atomic E-state index is 0.00288. The number of hydrogen-bond donors (Lipinski definition) is 0. The van der Waals surface area contributed by atoms with E-state index in [2.05, 4.69) is 10.2 Å². The van der Waals surface area contributed by atoms with Gasteiger partial charge in [-0.3, -0.25) is 14.9 Å². The maximum absolute atomic E-state index is 13.3. The van der Waals surface area contributed by atoms with Crippen LogP contribution in [-0.4, -0.2) is 10.7 Å². The highest BCUT2D eigenvalue weighted by atomic mass is 16.6. The molecule has 2 aromatic carbocycles. The Morgan fingerprint density at radius 3 is 1.79 bits per heavy atom. The second-order valence-corrected chi connectivity index (χ2v) is 10.1. The van der Waals surface area contributed by atoms with Crippen molar-refractivity contribution < 1.29 is 9.72 Å². The molecular formula is C27H29N3O3. The number of benzene rings is 2. The molecule has 0 fully saturated rings. The van der Waals surface area contributed by atoms with Crippen LogP contribution in [0.2, 0.25) is 0 Å². The summed E-state index contributed by atoms with van der Waals surface area (Å²) in [6, 6.07) is 15.6. The number of allylic oxidation sites excluding steroid dienone is 5. The van der Waals surface area contributed by atoms with Gasteiger partial charge in [-0.05, 0) is 35.1 Å². The Kier molecular flexibility index (Phi) is 6.58. The summed E-state index contributed by atoms with van der Waals surface area (Å²) in [5, 5.41) is 19.8. The van der Waals surface area contributed by atoms with Crippen LogP contribution >= 0.6 is 0 Å². The first-order valence-corrected chi connectivity index (χ1v) is 10.8. The average molecular weight is 444 g/mol. The highest BCUT2D eigenvalue weighted by molar-refractivity contribution is 6.12. The quantitative estimate of drug-likeness (QED) is 0.277. The largest absolute Gasteiger partial charge is 0.289 e. The van der Waals surface area contributed by atoms with Gasteiger partial charge >= 0.3 is 0 Å². The van der Waals surface area contributed by atoms with E-state index in [9.17, 15) is 14.9 Å². The smallest absolute Gasteiger partial charge is 0.269 e. The molecular weight excluding hydrogens is 414 g/mol. The Balaban J connectivity index is 2.22. The van der Waals surface area contributed by atoms with E-state index in [1.165, 1.54) is 12.1 Å². The van der Waals surface area contributed by atoms with Crippen LogP contribution in [0.1, 0.15) is 47.1 Å². The van der Waals surface area contributed by atoms with Crippen molar-refractivity contribution in [1.29, 1.82) is 0 Å². The third-order valence-corrected chi connectivity index (χ3v) is 5.35. The number of nitro benzene ring substituents is 1. The molecule has 0 radical (unpaired) electrons. The molecule has 6 heteroatoms. The number of nitrogens with zero attached hydrogens (tertiary/aromatic N) is 3. The summed E-state index contributed by atoms with van der Waals surface area (Å²) in [4.78, 5) is 23.8. The normalized spacial score (nSPS) is 14.8. The molecule has 0 N–H and O–H groups in total. The first-order valence-electron chi connectivity index (χ1n) is 10.8. The van der Waals surface area contributed by atoms with Gasteiger partial charge in [-0.1, -0.05) is 71.9 Å². The fourth-order valence-corrected chi connectivity index (χ4v) is 3.51. The van der Waals surface area contributed by atoms with Gasteiger partial charge < -0.3 is 0 Å². The van der Waals surface area contributed by atoms with Gasteiger partial charge in [0.2, 0.25) is 0 Å². The Morgan fingerprint density at radius 1 is 0.818 bits per heavy atom. The molecule has 0 heterocycles. The van der Waals surface area contributed by atoms with Gasteiger partial charge in [-0.2, -0.15) is 5.11 Å². The summed E-state index contributed by atoms with van der Waals surface area (Å²) in [6.45, 7) is 12.2. The molecule has 1 aliphatic carbocycles. The number of ketones is 1. The number of nitro groups is 1. The van der Waals surface area contributed by atoms with E-state index >= 15 is 0 Å². The van der Waals surface area contributed by atoms with E-state index in [0.717, 1.165) is 22.3 Å².